The van der Waals surface area contributed by atoms with Crippen LogP contribution in [-0.4, -0.2) is 65.0 Å². The van der Waals surface area contributed by atoms with Gasteiger partial charge in [-0.15, -0.1) is 11.3 Å². The number of fused-ring (bicyclic) bond motifs is 1. The van der Waals surface area contributed by atoms with E-state index >= 15 is 0 Å². The van der Waals surface area contributed by atoms with Gasteiger partial charge in [-0.1, -0.05) is 20.8 Å². The Balaban J connectivity index is 0.000000412. The maximum absolute atomic E-state index is 10.3. The van der Waals surface area contributed by atoms with Crippen LogP contribution in [0.5, 0.6) is 11.5 Å². The second-order valence-electron chi connectivity index (χ2n) is 5.77. The van der Waals surface area contributed by atoms with E-state index < -0.39 is 11.0 Å². The first kappa shape index (κ1) is 23.2. The molecule has 2 rings (SSSR count). The molecule has 0 spiro atoms. The number of hydrogen-bond acceptors (Lipinski definition) is 8. The van der Waals surface area contributed by atoms with Gasteiger partial charge in [-0.25, -0.2) is 8.42 Å². The lowest BCUT2D eigenvalue weighted by Crippen LogP contribution is -2.33. The Morgan fingerprint density at radius 3 is 2.46 bits per heavy atom. The lowest BCUT2D eigenvalue weighted by molar-refractivity contribution is 0.00334. The smallest absolute Gasteiger partial charge is 0.257 e. The molecule has 0 N–H and O–H groups in total. The first-order chi connectivity index (χ1) is 12.5. The number of ether oxygens (including phenoxy) is 3. The molecule has 0 amide bonds. The van der Waals surface area contributed by atoms with E-state index in [1.807, 2.05) is 10.8 Å². The maximum Gasteiger partial charge on any atom is 0.257 e. The van der Waals surface area contributed by atoms with E-state index in [0.717, 1.165) is 11.5 Å². The van der Waals surface area contributed by atoms with E-state index in [0.29, 0.717) is 26.2 Å². The van der Waals surface area contributed by atoms with E-state index in [-0.39, 0.29) is 12.2 Å². The zero-order chi connectivity index (χ0) is 19.4. The summed E-state index contributed by atoms with van der Waals surface area (Å²) in [6.45, 7) is 13.1. The van der Waals surface area contributed by atoms with Gasteiger partial charge >= 0.3 is 0 Å². The number of thiophene rings is 1. The minimum atomic E-state index is -2.80. The van der Waals surface area contributed by atoms with Crippen LogP contribution in [0.15, 0.2) is 10.8 Å². The fraction of sp³-hybridized carbons (Fsp3) is 0.765. The summed E-state index contributed by atoms with van der Waals surface area (Å²) in [5.41, 5.74) is 0. The van der Waals surface area contributed by atoms with Gasteiger partial charge in [0.05, 0.1) is 12.7 Å². The first-order valence-electron chi connectivity index (χ1n) is 8.96. The summed E-state index contributed by atoms with van der Waals surface area (Å²) in [4.78, 5) is 2.38. The molecule has 0 radical (unpaired) electrons. The van der Waals surface area contributed by atoms with E-state index in [4.69, 9.17) is 14.2 Å². The molecule has 0 fully saturated rings. The molecule has 0 saturated carbocycles. The van der Waals surface area contributed by atoms with Crippen LogP contribution in [-0.2, 0) is 19.9 Å². The zero-order valence-electron chi connectivity index (χ0n) is 16.0. The number of hydrogen-bond donors (Lipinski definition) is 1. The summed E-state index contributed by atoms with van der Waals surface area (Å²) < 4.78 is 41.9. The molecule has 2 unspecified atom stereocenters. The third-order valence-corrected chi connectivity index (χ3v) is 5.12. The Morgan fingerprint density at radius 1 is 1.23 bits per heavy atom. The molecule has 2 heterocycles. The molecule has 1 aliphatic heterocycles. The summed E-state index contributed by atoms with van der Waals surface area (Å²) in [6, 6.07) is 0. The van der Waals surface area contributed by atoms with Crippen molar-refractivity contribution < 1.29 is 26.8 Å². The van der Waals surface area contributed by atoms with Gasteiger partial charge in [0.25, 0.3) is 11.0 Å². The zero-order valence-corrected chi connectivity index (χ0v) is 17.7. The summed E-state index contributed by atoms with van der Waals surface area (Å²) >= 11 is 1.53. The minimum absolute atomic E-state index is 0.130. The fourth-order valence-electron chi connectivity index (χ4n) is 2.28. The van der Waals surface area contributed by atoms with Crippen LogP contribution in [0.4, 0.5) is 0 Å². The van der Waals surface area contributed by atoms with Crippen LogP contribution < -0.4 is 9.47 Å². The summed E-state index contributed by atoms with van der Waals surface area (Å²) in [6.07, 6.45) is 0.0169. The van der Waals surface area contributed by atoms with Gasteiger partial charge in [-0.3, -0.25) is 4.18 Å². The van der Waals surface area contributed by atoms with E-state index in [9.17, 15) is 8.42 Å². The molecule has 9 heteroatoms. The highest BCUT2D eigenvalue weighted by atomic mass is 32.2. The molecule has 0 saturated heterocycles. The van der Waals surface area contributed by atoms with E-state index in [2.05, 4.69) is 29.9 Å². The number of thiol groups is 1. The maximum atomic E-state index is 10.3. The van der Waals surface area contributed by atoms with Crippen molar-refractivity contribution in [2.75, 3.05) is 39.5 Å². The number of nitrogens with zero attached hydrogens (tertiary/aromatic N) is 1. The second-order valence-corrected chi connectivity index (χ2v) is 7.18. The highest BCUT2D eigenvalue weighted by Gasteiger charge is 2.21. The summed E-state index contributed by atoms with van der Waals surface area (Å²) in [7, 11) is -2.80. The quantitative estimate of drug-likeness (QED) is 0.470. The molecule has 0 aliphatic carbocycles. The lowest BCUT2D eigenvalue weighted by Gasteiger charge is -2.24. The second kappa shape index (κ2) is 13.3. The van der Waals surface area contributed by atoms with Crippen LogP contribution in [0.25, 0.3) is 0 Å². The van der Waals surface area contributed by atoms with Crippen LogP contribution in [0, 0.1) is 0 Å². The Labute approximate surface area is 162 Å². The van der Waals surface area contributed by atoms with Gasteiger partial charge in [-0.05, 0) is 33.0 Å². The minimum Gasteiger partial charge on any atom is -0.485 e. The van der Waals surface area contributed by atoms with Crippen molar-refractivity contribution >= 4 is 22.3 Å². The summed E-state index contributed by atoms with van der Waals surface area (Å²) in [5, 5.41) is 3.79. The highest BCUT2D eigenvalue weighted by molar-refractivity contribution is 7.67. The molecule has 1 aliphatic rings. The van der Waals surface area contributed by atoms with Crippen molar-refractivity contribution in [2.24, 2.45) is 0 Å². The summed E-state index contributed by atoms with van der Waals surface area (Å²) in [5.74, 6) is 1.53. The first-order valence-corrected chi connectivity index (χ1v) is 11.0. The molecular weight excluding hydrogens is 378 g/mol. The van der Waals surface area contributed by atoms with Gasteiger partial charge in [0.2, 0.25) is 0 Å². The Kier molecular flexibility index (Phi) is 11.9. The monoisotopic (exact) mass is 409 g/mol. The number of rotatable bonds is 10. The van der Waals surface area contributed by atoms with Crippen LogP contribution in [0.1, 0.15) is 34.1 Å². The van der Waals surface area contributed by atoms with Crippen molar-refractivity contribution in [3.05, 3.63) is 10.8 Å². The molecule has 26 heavy (non-hydrogen) atoms. The van der Waals surface area contributed by atoms with Crippen molar-refractivity contribution in [1.29, 1.82) is 0 Å². The van der Waals surface area contributed by atoms with Gasteiger partial charge in [0.15, 0.2) is 17.6 Å². The standard InChI is InChI=1S/C11H16O6S2.C6H15N/c1-8(17-19(12)13)2-3-14-4-9-5-15-10-6-18-7-11(10)16-9;1-4-7(5-2)6-3/h6-9,19H,2-5H2,1H3;4-6H2,1-3H3. The van der Waals surface area contributed by atoms with Crippen molar-refractivity contribution in [2.45, 2.75) is 46.3 Å². The molecule has 0 aromatic carbocycles. The average molecular weight is 410 g/mol. The third-order valence-electron chi connectivity index (χ3n) is 3.89. The van der Waals surface area contributed by atoms with E-state index in [1.54, 1.807) is 6.92 Å². The topological polar surface area (TPSA) is 74.3 Å². The fourth-order valence-corrected chi connectivity index (χ4v) is 3.35. The predicted molar refractivity (Wildman–Crippen MR) is 104 cm³/mol. The van der Waals surface area contributed by atoms with Crippen molar-refractivity contribution in [1.82, 2.24) is 4.90 Å². The molecule has 1 aromatic heterocycles. The highest BCUT2D eigenvalue weighted by Crippen LogP contribution is 2.35. The third kappa shape index (κ3) is 9.18. The van der Waals surface area contributed by atoms with Crippen molar-refractivity contribution in [3.8, 4) is 11.5 Å². The van der Waals surface area contributed by atoms with Crippen LogP contribution >= 0.6 is 11.3 Å². The Bertz CT molecular complexity index is 546. The molecule has 152 valence electrons. The van der Waals surface area contributed by atoms with Crippen molar-refractivity contribution in [3.63, 3.8) is 0 Å². The van der Waals surface area contributed by atoms with Crippen LogP contribution in [0.2, 0.25) is 0 Å². The molecule has 2 atom stereocenters. The normalized spacial score (nSPS) is 17.1. The molecule has 7 nitrogen and oxygen atoms in total. The lowest BCUT2D eigenvalue weighted by atomic mass is 10.3. The van der Waals surface area contributed by atoms with Gasteiger partial charge in [-0.2, -0.15) is 0 Å². The molecule has 1 aromatic rings. The Morgan fingerprint density at radius 2 is 1.88 bits per heavy atom. The van der Waals surface area contributed by atoms with Crippen LogP contribution in [0.3, 0.4) is 0 Å². The van der Waals surface area contributed by atoms with E-state index in [1.165, 1.54) is 31.0 Å². The largest absolute Gasteiger partial charge is 0.485 e. The van der Waals surface area contributed by atoms with Gasteiger partial charge in [0, 0.05) is 17.4 Å². The SMILES string of the molecule is CC(CCOCC1COc2cscc2O1)O[SH](=O)=O.CCN(CC)CC. The molecular formula is C17H31NO6S2. The van der Waals surface area contributed by atoms with Gasteiger partial charge in [0.1, 0.15) is 6.61 Å². The average Bonchev–Trinajstić information content (AvgIpc) is 3.08. The molecule has 0 bridgehead atoms. The Hall–Kier alpha value is -0.870. The predicted octanol–water partition coefficient (Wildman–Crippen LogP) is 2.57. The van der Waals surface area contributed by atoms with Gasteiger partial charge < -0.3 is 19.1 Å².